The first-order chi connectivity index (χ1) is 11.2. The number of hydrogen-bond acceptors (Lipinski definition) is 5. The molecule has 1 unspecified atom stereocenters. The van der Waals surface area contributed by atoms with Crippen molar-refractivity contribution in [3.05, 3.63) is 40.8 Å². The van der Waals surface area contributed by atoms with Gasteiger partial charge in [-0.25, -0.2) is 4.79 Å². The predicted molar refractivity (Wildman–Crippen MR) is 88.8 cm³/mol. The molecular weight excluding hydrogens is 294 g/mol. The van der Waals surface area contributed by atoms with Crippen LogP contribution in [0.15, 0.2) is 39.5 Å². The summed E-state index contributed by atoms with van der Waals surface area (Å²) in [4.78, 5) is 13.7. The summed E-state index contributed by atoms with van der Waals surface area (Å²) in [6.45, 7) is 3.99. The van der Waals surface area contributed by atoms with E-state index in [4.69, 9.17) is 14.3 Å². The molecule has 5 heteroatoms. The fourth-order valence-electron chi connectivity index (χ4n) is 3.13. The minimum Gasteiger partial charge on any atom is -0.493 e. The molecule has 0 radical (unpaired) electrons. The largest absolute Gasteiger partial charge is 0.493 e. The van der Waals surface area contributed by atoms with Crippen molar-refractivity contribution in [1.82, 2.24) is 4.90 Å². The van der Waals surface area contributed by atoms with E-state index >= 15 is 0 Å². The quantitative estimate of drug-likeness (QED) is 0.828. The van der Waals surface area contributed by atoms with Gasteiger partial charge in [0.25, 0.3) is 0 Å². The average molecular weight is 317 g/mol. The monoisotopic (exact) mass is 317 g/mol. The number of likely N-dealkylation sites (tertiary alicyclic amines) is 1. The van der Waals surface area contributed by atoms with Crippen molar-refractivity contribution in [3.63, 3.8) is 0 Å². The van der Waals surface area contributed by atoms with E-state index in [0.717, 1.165) is 43.6 Å². The first-order valence-corrected chi connectivity index (χ1v) is 8.24. The van der Waals surface area contributed by atoms with Crippen LogP contribution in [0.25, 0.3) is 11.0 Å². The zero-order valence-corrected chi connectivity index (χ0v) is 13.2. The van der Waals surface area contributed by atoms with Crippen molar-refractivity contribution in [1.29, 1.82) is 0 Å². The maximum Gasteiger partial charge on any atom is 0.336 e. The Morgan fingerprint density at radius 3 is 3.04 bits per heavy atom. The van der Waals surface area contributed by atoms with Gasteiger partial charge in [0.15, 0.2) is 0 Å². The van der Waals surface area contributed by atoms with Crippen LogP contribution in [0.5, 0.6) is 5.75 Å². The van der Waals surface area contributed by atoms with Gasteiger partial charge in [-0.15, -0.1) is 0 Å². The van der Waals surface area contributed by atoms with Gasteiger partial charge < -0.3 is 19.2 Å². The van der Waals surface area contributed by atoms with E-state index in [1.807, 2.05) is 12.1 Å². The highest BCUT2D eigenvalue weighted by Crippen LogP contribution is 2.22. The number of aliphatic hydroxyl groups is 1. The molecule has 1 fully saturated rings. The normalized spacial score (nSPS) is 19.1. The maximum atomic E-state index is 11.3. The molecule has 124 valence electrons. The molecule has 1 saturated heterocycles. The highest BCUT2D eigenvalue weighted by molar-refractivity contribution is 5.77. The Bertz CT molecular complexity index is 697. The number of hydrogen-bond donors (Lipinski definition) is 1. The molecular formula is C18H23NO4. The summed E-state index contributed by atoms with van der Waals surface area (Å²) in [5.41, 5.74) is 0.213. The Morgan fingerprint density at radius 1 is 1.30 bits per heavy atom. The van der Waals surface area contributed by atoms with E-state index in [2.05, 4.69) is 4.90 Å². The molecule has 0 amide bonds. The fraction of sp³-hybridized carbons (Fsp3) is 0.500. The van der Waals surface area contributed by atoms with Crippen molar-refractivity contribution >= 4 is 11.0 Å². The lowest BCUT2D eigenvalue weighted by Gasteiger charge is -2.32. The number of aliphatic hydroxyl groups excluding tert-OH is 1. The predicted octanol–water partition coefficient (Wildman–Crippen LogP) is 2.27. The number of rotatable bonds is 6. The molecule has 2 heterocycles. The SMILES string of the molecule is O=c1ccc2ccc(OCC3CCCN(CCCO)C3)cc2o1. The van der Waals surface area contributed by atoms with Crippen LogP contribution >= 0.6 is 0 Å². The standard InChI is InChI=1S/C18H23NO4/c20-10-2-9-19-8-1-3-14(12-19)13-22-16-6-4-15-5-7-18(21)23-17(15)11-16/h4-7,11,14,20H,1-3,8-10,12-13H2. The van der Waals surface area contributed by atoms with Crippen LogP contribution in [0.3, 0.4) is 0 Å². The van der Waals surface area contributed by atoms with Crippen LogP contribution in [0, 0.1) is 5.92 Å². The first kappa shape index (κ1) is 16.0. The van der Waals surface area contributed by atoms with E-state index in [9.17, 15) is 4.79 Å². The molecule has 23 heavy (non-hydrogen) atoms. The van der Waals surface area contributed by atoms with Crippen molar-refractivity contribution in [2.45, 2.75) is 19.3 Å². The average Bonchev–Trinajstić information content (AvgIpc) is 2.58. The summed E-state index contributed by atoms with van der Waals surface area (Å²) < 4.78 is 11.1. The Kier molecular flexibility index (Phi) is 5.31. The van der Waals surface area contributed by atoms with Gasteiger partial charge in [0.1, 0.15) is 11.3 Å². The molecule has 2 aromatic rings. The van der Waals surface area contributed by atoms with Crippen LogP contribution < -0.4 is 10.4 Å². The third-order valence-electron chi connectivity index (χ3n) is 4.32. The van der Waals surface area contributed by atoms with E-state index in [-0.39, 0.29) is 12.2 Å². The molecule has 0 spiro atoms. The van der Waals surface area contributed by atoms with E-state index in [1.165, 1.54) is 12.5 Å². The number of nitrogens with zero attached hydrogens (tertiary/aromatic N) is 1. The second-order valence-corrected chi connectivity index (χ2v) is 6.15. The Balaban J connectivity index is 1.58. The van der Waals surface area contributed by atoms with Crippen molar-refractivity contribution in [2.75, 3.05) is 32.8 Å². The van der Waals surface area contributed by atoms with Gasteiger partial charge in [-0.3, -0.25) is 0 Å². The lowest BCUT2D eigenvalue weighted by molar-refractivity contribution is 0.123. The first-order valence-electron chi connectivity index (χ1n) is 8.24. The summed E-state index contributed by atoms with van der Waals surface area (Å²) in [5.74, 6) is 1.24. The van der Waals surface area contributed by atoms with Crippen molar-refractivity contribution < 1.29 is 14.3 Å². The topological polar surface area (TPSA) is 62.9 Å². The Hall–Kier alpha value is -1.85. The van der Waals surface area contributed by atoms with Crippen LogP contribution in [0.1, 0.15) is 19.3 Å². The summed E-state index contributed by atoms with van der Waals surface area (Å²) in [5, 5.41) is 9.83. The van der Waals surface area contributed by atoms with Gasteiger partial charge in [-0.2, -0.15) is 0 Å². The molecule has 1 aliphatic heterocycles. The highest BCUT2D eigenvalue weighted by Gasteiger charge is 2.20. The smallest absolute Gasteiger partial charge is 0.336 e. The molecule has 1 N–H and O–H groups in total. The van der Waals surface area contributed by atoms with Gasteiger partial charge in [0.2, 0.25) is 0 Å². The van der Waals surface area contributed by atoms with Crippen LogP contribution in [0.4, 0.5) is 0 Å². The molecule has 3 rings (SSSR count). The molecule has 5 nitrogen and oxygen atoms in total. The molecule has 1 atom stereocenters. The Labute approximate surface area is 135 Å². The minimum absolute atomic E-state index is 0.250. The number of piperidine rings is 1. The van der Waals surface area contributed by atoms with Gasteiger partial charge in [0, 0.05) is 43.1 Å². The molecule has 1 aromatic heterocycles. The third-order valence-corrected chi connectivity index (χ3v) is 4.32. The van der Waals surface area contributed by atoms with Gasteiger partial charge in [-0.05, 0) is 44.0 Å². The second kappa shape index (κ2) is 7.62. The molecule has 0 aliphatic carbocycles. The van der Waals surface area contributed by atoms with Crippen LogP contribution in [0.2, 0.25) is 0 Å². The van der Waals surface area contributed by atoms with E-state index in [0.29, 0.717) is 18.1 Å². The maximum absolute atomic E-state index is 11.3. The molecule has 1 aliphatic rings. The van der Waals surface area contributed by atoms with Crippen LogP contribution in [-0.4, -0.2) is 42.9 Å². The zero-order valence-electron chi connectivity index (χ0n) is 13.2. The molecule has 0 saturated carbocycles. The van der Waals surface area contributed by atoms with Crippen molar-refractivity contribution in [3.8, 4) is 5.75 Å². The summed E-state index contributed by atoms with van der Waals surface area (Å²) in [6, 6.07) is 8.77. The van der Waals surface area contributed by atoms with Crippen molar-refractivity contribution in [2.24, 2.45) is 5.92 Å². The van der Waals surface area contributed by atoms with Crippen LogP contribution in [-0.2, 0) is 0 Å². The van der Waals surface area contributed by atoms with Gasteiger partial charge >= 0.3 is 5.63 Å². The lowest BCUT2D eigenvalue weighted by Crippen LogP contribution is -2.38. The number of ether oxygens (including phenoxy) is 1. The second-order valence-electron chi connectivity index (χ2n) is 6.15. The van der Waals surface area contributed by atoms with E-state index in [1.54, 1.807) is 12.1 Å². The summed E-state index contributed by atoms with van der Waals surface area (Å²) in [6.07, 6.45) is 3.17. The molecule has 0 bridgehead atoms. The highest BCUT2D eigenvalue weighted by atomic mass is 16.5. The fourth-order valence-corrected chi connectivity index (χ4v) is 3.13. The third kappa shape index (κ3) is 4.33. The number of benzene rings is 1. The van der Waals surface area contributed by atoms with Gasteiger partial charge in [0.05, 0.1) is 6.61 Å². The van der Waals surface area contributed by atoms with Gasteiger partial charge in [-0.1, -0.05) is 0 Å². The lowest BCUT2D eigenvalue weighted by atomic mass is 9.99. The summed E-state index contributed by atoms with van der Waals surface area (Å²) >= 11 is 0. The molecule has 1 aromatic carbocycles. The van der Waals surface area contributed by atoms with E-state index < -0.39 is 0 Å². The Morgan fingerprint density at radius 2 is 2.17 bits per heavy atom. The zero-order chi connectivity index (χ0) is 16.1. The minimum atomic E-state index is -0.346. The number of fused-ring (bicyclic) bond motifs is 1. The summed E-state index contributed by atoms with van der Waals surface area (Å²) in [7, 11) is 0.